The van der Waals surface area contributed by atoms with Gasteiger partial charge in [0.05, 0.1) is 5.69 Å². The molecule has 0 radical (unpaired) electrons. The van der Waals surface area contributed by atoms with E-state index in [-0.39, 0.29) is 5.91 Å². The molecule has 1 aromatic rings. The SMILES string of the molecule is CC(C)Cc1cc(C(=O)NCCCN2CCN(C)CC2)n(C)n1. The van der Waals surface area contributed by atoms with Crippen LogP contribution in [0.2, 0.25) is 0 Å². The summed E-state index contributed by atoms with van der Waals surface area (Å²) in [4.78, 5) is 17.1. The summed E-state index contributed by atoms with van der Waals surface area (Å²) in [5.74, 6) is 0.526. The molecule has 0 aromatic carbocycles. The minimum atomic E-state index is -0.0200. The van der Waals surface area contributed by atoms with E-state index in [9.17, 15) is 4.79 Å². The molecule has 23 heavy (non-hydrogen) atoms. The molecule has 0 saturated carbocycles. The molecule has 130 valence electrons. The molecule has 0 atom stereocenters. The predicted octanol–water partition coefficient (Wildman–Crippen LogP) is 0.986. The molecule has 1 aliphatic rings. The lowest BCUT2D eigenvalue weighted by atomic mass is 10.1. The highest BCUT2D eigenvalue weighted by molar-refractivity contribution is 5.92. The number of carbonyl (C=O) groups is 1. The molecule has 6 nitrogen and oxygen atoms in total. The van der Waals surface area contributed by atoms with Gasteiger partial charge in [0.1, 0.15) is 5.69 Å². The molecular weight excluding hydrogens is 290 g/mol. The number of likely N-dealkylation sites (N-methyl/N-ethyl adjacent to an activating group) is 1. The van der Waals surface area contributed by atoms with Crippen molar-refractivity contribution in [1.29, 1.82) is 0 Å². The van der Waals surface area contributed by atoms with E-state index in [4.69, 9.17) is 0 Å². The Hall–Kier alpha value is -1.40. The molecule has 1 fully saturated rings. The van der Waals surface area contributed by atoms with Gasteiger partial charge in [0.2, 0.25) is 0 Å². The predicted molar refractivity (Wildman–Crippen MR) is 92.6 cm³/mol. The fourth-order valence-corrected chi connectivity index (χ4v) is 2.92. The monoisotopic (exact) mass is 321 g/mol. The van der Waals surface area contributed by atoms with E-state index in [2.05, 4.69) is 41.1 Å². The Morgan fingerprint density at radius 3 is 2.61 bits per heavy atom. The Kier molecular flexibility index (Phi) is 6.59. The van der Waals surface area contributed by atoms with E-state index in [0.717, 1.165) is 57.8 Å². The van der Waals surface area contributed by atoms with Gasteiger partial charge in [0.15, 0.2) is 0 Å². The second-order valence-corrected chi connectivity index (χ2v) is 7.00. The Balaban J connectivity index is 1.71. The molecule has 1 aliphatic heterocycles. The second-order valence-electron chi connectivity index (χ2n) is 7.00. The fraction of sp³-hybridized carbons (Fsp3) is 0.765. The van der Waals surface area contributed by atoms with Crippen LogP contribution in [0.25, 0.3) is 0 Å². The Labute approximate surface area is 139 Å². The lowest BCUT2D eigenvalue weighted by molar-refractivity contribution is 0.0940. The quantitative estimate of drug-likeness (QED) is 0.761. The molecule has 0 spiro atoms. The van der Waals surface area contributed by atoms with Crippen molar-refractivity contribution in [3.8, 4) is 0 Å². The number of aromatic nitrogens is 2. The minimum absolute atomic E-state index is 0.0200. The zero-order valence-corrected chi connectivity index (χ0v) is 15.0. The van der Waals surface area contributed by atoms with E-state index in [1.165, 1.54) is 0 Å². The number of piperazine rings is 1. The first-order valence-corrected chi connectivity index (χ1v) is 8.67. The number of rotatable bonds is 7. The summed E-state index contributed by atoms with van der Waals surface area (Å²) in [6.45, 7) is 10.6. The van der Waals surface area contributed by atoms with Crippen LogP contribution < -0.4 is 5.32 Å². The first-order valence-electron chi connectivity index (χ1n) is 8.67. The van der Waals surface area contributed by atoms with Crippen LogP contribution in [0.1, 0.15) is 36.5 Å². The molecule has 0 aliphatic carbocycles. The first-order chi connectivity index (χ1) is 11.0. The third-order valence-electron chi connectivity index (χ3n) is 4.31. The van der Waals surface area contributed by atoms with Gasteiger partial charge in [-0.2, -0.15) is 5.10 Å². The molecule has 1 aromatic heterocycles. The summed E-state index contributed by atoms with van der Waals surface area (Å²) in [7, 11) is 4.00. The number of hydrogen-bond acceptors (Lipinski definition) is 4. The second kappa shape index (κ2) is 8.45. The summed E-state index contributed by atoms with van der Waals surface area (Å²) < 4.78 is 1.69. The number of carbonyl (C=O) groups excluding carboxylic acids is 1. The van der Waals surface area contributed by atoms with E-state index in [1.54, 1.807) is 4.68 Å². The van der Waals surface area contributed by atoms with Gasteiger partial charge in [-0.1, -0.05) is 13.8 Å². The molecule has 1 saturated heterocycles. The zero-order valence-electron chi connectivity index (χ0n) is 15.0. The molecule has 0 bridgehead atoms. The van der Waals surface area contributed by atoms with Gasteiger partial charge in [-0.05, 0) is 38.4 Å². The van der Waals surface area contributed by atoms with Crippen molar-refractivity contribution >= 4 is 5.91 Å². The molecule has 1 N–H and O–H groups in total. The lowest BCUT2D eigenvalue weighted by Gasteiger charge is -2.32. The van der Waals surface area contributed by atoms with Crippen molar-refractivity contribution in [3.63, 3.8) is 0 Å². The van der Waals surface area contributed by atoms with Crippen LogP contribution in [0.15, 0.2) is 6.07 Å². The highest BCUT2D eigenvalue weighted by Gasteiger charge is 2.15. The number of nitrogens with one attached hydrogen (secondary N) is 1. The van der Waals surface area contributed by atoms with Crippen LogP contribution in [0, 0.1) is 5.92 Å². The van der Waals surface area contributed by atoms with Crippen LogP contribution in [-0.2, 0) is 13.5 Å². The molecule has 1 amide bonds. The summed E-state index contributed by atoms with van der Waals surface area (Å²) >= 11 is 0. The summed E-state index contributed by atoms with van der Waals surface area (Å²) in [6, 6.07) is 1.91. The van der Waals surface area contributed by atoms with E-state index >= 15 is 0 Å². The van der Waals surface area contributed by atoms with Gasteiger partial charge in [-0.15, -0.1) is 0 Å². The lowest BCUT2D eigenvalue weighted by Crippen LogP contribution is -2.45. The number of amides is 1. The molecule has 0 unspecified atom stereocenters. The average Bonchev–Trinajstić information content (AvgIpc) is 2.85. The number of hydrogen-bond donors (Lipinski definition) is 1. The van der Waals surface area contributed by atoms with E-state index < -0.39 is 0 Å². The Morgan fingerprint density at radius 2 is 1.96 bits per heavy atom. The van der Waals surface area contributed by atoms with Crippen molar-refractivity contribution in [2.24, 2.45) is 13.0 Å². The van der Waals surface area contributed by atoms with Crippen LogP contribution >= 0.6 is 0 Å². The Morgan fingerprint density at radius 1 is 1.26 bits per heavy atom. The average molecular weight is 321 g/mol. The van der Waals surface area contributed by atoms with E-state index in [0.29, 0.717) is 11.6 Å². The zero-order chi connectivity index (χ0) is 16.8. The largest absolute Gasteiger partial charge is 0.351 e. The third kappa shape index (κ3) is 5.62. The topological polar surface area (TPSA) is 53.4 Å². The van der Waals surface area contributed by atoms with Crippen molar-refractivity contribution in [1.82, 2.24) is 24.9 Å². The van der Waals surface area contributed by atoms with Crippen LogP contribution in [0.3, 0.4) is 0 Å². The molecule has 2 heterocycles. The number of nitrogens with zero attached hydrogens (tertiary/aromatic N) is 4. The summed E-state index contributed by atoms with van der Waals surface area (Å²) in [5.41, 5.74) is 1.64. The molecule has 2 rings (SSSR count). The molecular formula is C17H31N5O. The van der Waals surface area contributed by atoms with E-state index in [1.807, 2.05) is 13.1 Å². The summed E-state index contributed by atoms with van der Waals surface area (Å²) in [5, 5.41) is 7.44. The van der Waals surface area contributed by atoms with Crippen LogP contribution in [0.4, 0.5) is 0 Å². The third-order valence-corrected chi connectivity index (χ3v) is 4.31. The maximum atomic E-state index is 12.3. The van der Waals surface area contributed by atoms with Gasteiger partial charge in [-0.25, -0.2) is 0 Å². The van der Waals surface area contributed by atoms with Crippen molar-refractivity contribution in [3.05, 3.63) is 17.5 Å². The standard InChI is InChI=1S/C17H31N5O/c1-14(2)12-15-13-16(21(4)19-15)17(23)18-6-5-7-22-10-8-20(3)9-11-22/h13-14H,5-12H2,1-4H3,(H,18,23). The summed E-state index contributed by atoms with van der Waals surface area (Å²) in [6.07, 6.45) is 1.90. The van der Waals surface area contributed by atoms with Crippen LogP contribution in [-0.4, -0.2) is 71.8 Å². The maximum absolute atomic E-state index is 12.3. The van der Waals surface area contributed by atoms with Crippen molar-refractivity contribution in [2.75, 3.05) is 46.3 Å². The van der Waals surface area contributed by atoms with Crippen molar-refractivity contribution < 1.29 is 4.79 Å². The fourth-order valence-electron chi connectivity index (χ4n) is 2.92. The van der Waals surface area contributed by atoms with Gasteiger partial charge < -0.3 is 15.1 Å². The highest BCUT2D eigenvalue weighted by atomic mass is 16.2. The normalized spacial score (nSPS) is 16.9. The van der Waals surface area contributed by atoms with Crippen LogP contribution in [0.5, 0.6) is 0 Å². The van der Waals surface area contributed by atoms with Gasteiger partial charge >= 0.3 is 0 Å². The minimum Gasteiger partial charge on any atom is -0.351 e. The number of aryl methyl sites for hydroxylation is 1. The maximum Gasteiger partial charge on any atom is 0.269 e. The smallest absolute Gasteiger partial charge is 0.269 e. The molecule has 6 heteroatoms. The van der Waals surface area contributed by atoms with Crippen molar-refractivity contribution in [2.45, 2.75) is 26.7 Å². The van der Waals surface area contributed by atoms with Gasteiger partial charge in [0.25, 0.3) is 5.91 Å². The highest BCUT2D eigenvalue weighted by Crippen LogP contribution is 2.09. The van der Waals surface area contributed by atoms with Gasteiger partial charge in [0, 0.05) is 39.8 Å². The Bertz CT molecular complexity index is 503. The van der Waals surface area contributed by atoms with Gasteiger partial charge in [-0.3, -0.25) is 9.48 Å². The first kappa shape index (κ1) is 17.9.